The van der Waals surface area contributed by atoms with Crippen molar-refractivity contribution in [3.05, 3.63) is 48.0 Å². The lowest BCUT2D eigenvalue weighted by molar-refractivity contribution is -0.127. The second-order valence-corrected chi connectivity index (χ2v) is 13.8. The van der Waals surface area contributed by atoms with Crippen molar-refractivity contribution in [2.45, 2.75) is 37.2 Å². The highest BCUT2D eigenvalue weighted by Gasteiger charge is 2.35. The Morgan fingerprint density at radius 1 is 1.11 bits per heavy atom. The van der Waals surface area contributed by atoms with Gasteiger partial charge in [0.1, 0.15) is 18.1 Å². The van der Waals surface area contributed by atoms with Gasteiger partial charge in [0.25, 0.3) is 5.91 Å². The summed E-state index contributed by atoms with van der Waals surface area (Å²) in [6, 6.07) is 11.3. The van der Waals surface area contributed by atoms with Gasteiger partial charge in [0.15, 0.2) is 6.10 Å². The smallest absolute Gasteiger partial charge is 0.263 e. The standard InChI is InChI=1S/C24H33N3O7S2/c1-24(2,3)17-7-12-21-20(15-17)27(35(6,29)30)16-22(34-21)23(28)25-13-14-33-18-8-10-19(11-9-18)36(31,32)26(4)5/h7-12,15,22H,13-14,16H2,1-6H3,(H,25,28). The first kappa shape index (κ1) is 27.8. The Hall–Kier alpha value is -2.83. The number of carbonyl (C=O) groups is 1. The largest absolute Gasteiger partial charge is 0.492 e. The summed E-state index contributed by atoms with van der Waals surface area (Å²) in [4.78, 5) is 12.9. The maximum absolute atomic E-state index is 12.8. The maximum atomic E-state index is 12.8. The highest BCUT2D eigenvalue weighted by molar-refractivity contribution is 7.92. The number of fused-ring (bicyclic) bond motifs is 1. The third-order valence-corrected chi connectivity index (χ3v) is 8.64. The molecule has 0 spiro atoms. The van der Waals surface area contributed by atoms with Gasteiger partial charge in [0.2, 0.25) is 20.0 Å². The van der Waals surface area contributed by atoms with E-state index in [2.05, 4.69) is 5.32 Å². The van der Waals surface area contributed by atoms with Gasteiger partial charge in [-0.05, 0) is 47.4 Å². The van der Waals surface area contributed by atoms with Crippen LogP contribution in [0.1, 0.15) is 26.3 Å². The van der Waals surface area contributed by atoms with Gasteiger partial charge in [-0.3, -0.25) is 9.10 Å². The van der Waals surface area contributed by atoms with E-state index in [0.717, 1.165) is 16.1 Å². The highest BCUT2D eigenvalue weighted by Crippen LogP contribution is 2.38. The van der Waals surface area contributed by atoms with Crippen LogP contribution in [-0.2, 0) is 30.3 Å². The topological polar surface area (TPSA) is 122 Å². The van der Waals surface area contributed by atoms with Gasteiger partial charge < -0.3 is 14.8 Å². The minimum Gasteiger partial charge on any atom is -0.492 e. The van der Waals surface area contributed by atoms with E-state index < -0.39 is 32.1 Å². The molecule has 1 atom stereocenters. The van der Waals surface area contributed by atoms with Crippen LogP contribution in [0, 0.1) is 0 Å². The number of hydrogen-bond donors (Lipinski definition) is 1. The van der Waals surface area contributed by atoms with Gasteiger partial charge in [-0.25, -0.2) is 21.1 Å². The summed E-state index contributed by atoms with van der Waals surface area (Å²) in [5.74, 6) is 0.303. The van der Waals surface area contributed by atoms with Gasteiger partial charge in [0, 0.05) is 14.1 Å². The second kappa shape index (κ2) is 10.3. The minimum absolute atomic E-state index is 0.125. The zero-order chi connectivity index (χ0) is 26.9. The molecule has 12 heteroatoms. The van der Waals surface area contributed by atoms with E-state index >= 15 is 0 Å². The number of hydrogen-bond acceptors (Lipinski definition) is 7. The fraction of sp³-hybridized carbons (Fsp3) is 0.458. The van der Waals surface area contributed by atoms with Crippen LogP contribution >= 0.6 is 0 Å². The number of nitrogens with zero attached hydrogens (tertiary/aromatic N) is 2. The zero-order valence-corrected chi connectivity index (χ0v) is 22.9. The molecule has 10 nitrogen and oxygen atoms in total. The van der Waals surface area contributed by atoms with E-state index in [9.17, 15) is 21.6 Å². The molecular weight excluding hydrogens is 506 g/mol. The molecule has 0 saturated carbocycles. The number of benzene rings is 2. The number of amides is 1. The number of sulfonamides is 2. The molecular formula is C24H33N3O7S2. The number of rotatable bonds is 8. The Kier molecular flexibility index (Phi) is 7.92. The third-order valence-electron chi connectivity index (χ3n) is 5.66. The molecule has 36 heavy (non-hydrogen) atoms. The van der Waals surface area contributed by atoms with Crippen molar-refractivity contribution in [1.82, 2.24) is 9.62 Å². The summed E-state index contributed by atoms with van der Waals surface area (Å²) in [5.41, 5.74) is 1.18. The summed E-state index contributed by atoms with van der Waals surface area (Å²) >= 11 is 0. The first-order valence-electron chi connectivity index (χ1n) is 11.3. The van der Waals surface area contributed by atoms with E-state index in [1.165, 1.54) is 42.7 Å². The molecule has 0 bridgehead atoms. The molecule has 1 aliphatic rings. The molecule has 3 rings (SSSR count). The molecule has 0 fully saturated rings. The maximum Gasteiger partial charge on any atom is 0.263 e. The minimum atomic E-state index is -3.65. The average Bonchev–Trinajstić information content (AvgIpc) is 2.79. The molecule has 1 unspecified atom stereocenters. The van der Waals surface area contributed by atoms with Crippen molar-refractivity contribution in [2.75, 3.05) is 44.4 Å². The lowest BCUT2D eigenvalue weighted by Gasteiger charge is -2.35. The Labute approximate surface area is 213 Å². The average molecular weight is 540 g/mol. The number of anilines is 1. The number of ether oxygens (including phenoxy) is 2. The lowest BCUT2D eigenvalue weighted by Crippen LogP contribution is -2.51. The Balaban J connectivity index is 1.61. The first-order chi connectivity index (χ1) is 16.6. The molecule has 0 aliphatic carbocycles. The predicted molar refractivity (Wildman–Crippen MR) is 138 cm³/mol. The SMILES string of the molecule is CN(C)S(=O)(=O)c1ccc(OCCNC(=O)C2CN(S(C)(=O)=O)c3cc(C(C)(C)C)ccc3O2)cc1. The van der Waals surface area contributed by atoms with Crippen molar-refractivity contribution in [2.24, 2.45) is 0 Å². The first-order valence-corrected chi connectivity index (χ1v) is 14.6. The third kappa shape index (κ3) is 6.29. The summed E-state index contributed by atoms with van der Waals surface area (Å²) in [7, 11) is -4.27. The van der Waals surface area contributed by atoms with Crippen molar-refractivity contribution in [1.29, 1.82) is 0 Å². The van der Waals surface area contributed by atoms with Gasteiger partial charge >= 0.3 is 0 Å². The van der Waals surface area contributed by atoms with Gasteiger partial charge in [0.05, 0.1) is 29.9 Å². The molecule has 1 N–H and O–H groups in total. The molecule has 1 heterocycles. The quantitative estimate of drug-likeness (QED) is 0.509. The van der Waals surface area contributed by atoms with E-state index in [-0.39, 0.29) is 30.0 Å². The Bertz CT molecular complexity index is 1320. The number of carbonyl (C=O) groups excluding carboxylic acids is 1. The van der Waals surface area contributed by atoms with Crippen LogP contribution in [0.5, 0.6) is 11.5 Å². The fourth-order valence-corrected chi connectivity index (χ4v) is 5.35. The highest BCUT2D eigenvalue weighted by atomic mass is 32.2. The van der Waals surface area contributed by atoms with E-state index in [1.807, 2.05) is 26.8 Å². The van der Waals surface area contributed by atoms with Crippen LogP contribution in [0.2, 0.25) is 0 Å². The monoisotopic (exact) mass is 539 g/mol. The molecule has 0 radical (unpaired) electrons. The van der Waals surface area contributed by atoms with Crippen LogP contribution in [-0.4, -0.2) is 73.2 Å². The zero-order valence-electron chi connectivity index (χ0n) is 21.3. The Morgan fingerprint density at radius 3 is 2.31 bits per heavy atom. The number of nitrogens with one attached hydrogen (secondary N) is 1. The molecule has 198 valence electrons. The van der Waals surface area contributed by atoms with Crippen LogP contribution in [0.25, 0.3) is 0 Å². The predicted octanol–water partition coefficient (Wildman–Crippen LogP) is 1.96. The van der Waals surface area contributed by atoms with E-state index in [1.54, 1.807) is 12.1 Å². The van der Waals surface area contributed by atoms with Crippen molar-refractivity contribution >= 4 is 31.6 Å². The second-order valence-electron chi connectivity index (χ2n) is 9.73. The van der Waals surface area contributed by atoms with Crippen molar-refractivity contribution < 1.29 is 31.1 Å². The van der Waals surface area contributed by atoms with Crippen molar-refractivity contribution in [3.8, 4) is 11.5 Å². The van der Waals surface area contributed by atoms with Crippen LogP contribution in [0.3, 0.4) is 0 Å². The van der Waals surface area contributed by atoms with Gasteiger partial charge in [-0.15, -0.1) is 0 Å². The summed E-state index contributed by atoms with van der Waals surface area (Å²) in [6.07, 6.45) is 0.0761. The molecule has 0 aromatic heterocycles. The van der Waals surface area contributed by atoms with Crippen LogP contribution < -0.4 is 19.1 Å². The van der Waals surface area contributed by atoms with Gasteiger partial charge in [-0.1, -0.05) is 26.8 Å². The summed E-state index contributed by atoms with van der Waals surface area (Å²) < 4.78 is 63.0. The molecule has 1 aliphatic heterocycles. The summed E-state index contributed by atoms with van der Waals surface area (Å²) in [6.45, 7) is 6.21. The van der Waals surface area contributed by atoms with E-state index in [0.29, 0.717) is 17.2 Å². The van der Waals surface area contributed by atoms with E-state index in [4.69, 9.17) is 9.47 Å². The lowest BCUT2D eigenvalue weighted by atomic mass is 9.86. The normalized spacial score (nSPS) is 16.3. The summed E-state index contributed by atoms with van der Waals surface area (Å²) in [5, 5.41) is 2.70. The molecule has 2 aromatic carbocycles. The van der Waals surface area contributed by atoms with Crippen molar-refractivity contribution in [3.63, 3.8) is 0 Å². The fourth-order valence-electron chi connectivity index (χ4n) is 3.54. The molecule has 1 amide bonds. The molecule has 2 aromatic rings. The molecule has 0 saturated heterocycles. The Morgan fingerprint density at radius 2 is 1.75 bits per heavy atom. The van der Waals surface area contributed by atoms with Crippen LogP contribution in [0.15, 0.2) is 47.4 Å². The van der Waals surface area contributed by atoms with Gasteiger partial charge in [-0.2, -0.15) is 0 Å². The van der Waals surface area contributed by atoms with Crippen LogP contribution in [0.4, 0.5) is 5.69 Å².